The molecule has 0 spiro atoms. The Bertz CT molecular complexity index is 729. The summed E-state index contributed by atoms with van der Waals surface area (Å²) in [5.74, 6) is -0.886. The number of hydrogen-bond donors (Lipinski definition) is 1. The molecule has 0 radical (unpaired) electrons. The molecular formula is C17H14N2O2. The topological polar surface area (TPSA) is 64.3 Å². The number of rotatable bonds is 3. The maximum Gasteiger partial charge on any atom is 0.335 e. The van der Waals surface area contributed by atoms with Crippen molar-refractivity contribution < 1.29 is 9.90 Å². The summed E-state index contributed by atoms with van der Waals surface area (Å²) in [6.45, 7) is 2.38. The van der Waals surface area contributed by atoms with E-state index >= 15 is 0 Å². The first kappa shape index (κ1) is 13.3. The van der Waals surface area contributed by atoms with Gasteiger partial charge in [-0.15, -0.1) is 0 Å². The van der Waals surface area contributed by atoms with Crippen LogP contribution in [0.4, 0.5) is 0 Å². The zero-order valence-electron chi connectivity index (χ0n) is 11.4. The highest BCUT2D eigenvalue weighted by molar-refractivity contribution is 5.87. The van der Waals surface area contributed by atoms with Gasteiger partial charge in [0.05, 0.1) is 17.2 Å². The van der Waals surface area contributed by atoms with Crippen LogP contribution in [0.1, 0.15) is 32.6 Å². The van der Waals surface area contributed by atoms with Crippen LogP contribution in [-0.2, 0) is 19.6 Å². The zero-order chi connectivity index (χ0) is 14.8. The van der Waals surface area contributed by atoms with Crippen LogP contribution in [0, 0.1) is 11.3 Å². The monoisotopic (exact) mass is 278 g/mol. The maximum atomic E-state index is 11.0. The minimum atomic E-state index is -0.886. The van der Waals surface area contributed by atoms with Crippen LogP contribution in [0.3, 0.4) is 0 Å². The van der Waals surface area contributed by atoms with Gasteiger partial charge in [-0.3, -0.25) is 4.90 Å². The summed E-state index contributed by atoms with van der Waals surface area (Å²) in [4.78, 5) is 13.3. The van der Waals surface area contributed by atoms with Crippen LogP contribution < -0.4 is 0 Å². The van der Waals surface area contributed by atoms with Crippen molar-refractivity contribution in [1.82, 2.24) is 4.90 Å². The van der Waals surface area contributed by atoms with E-state index in [0.717, 1.165) is 30.8 Å². The summed E-state index contributed by atoms with van der Waals surface area (Å²) in [6, 6.07) is 15.0. The van der Waals surface area contributed by atoms with Crippen LogP contribution in [0.2, 0.25) is 0 Å². The van der Waals surface area contributed by atoms with E-state index in [1.54, 1.807) is 12.1 Å². The Morgan fingerprint density at radius 2 is 1.86 bits per heavy atom. The molecule has 4 nitrogen and oxygen atoms in total. The lowest BCUT2D eigenvalue weighted by Gasteiger charge is -2.14. The molecule has 1 aliphatic rings. The molecule has 2 aromatic carbocycles. The van der Waals surface area contributed by atoms with Gasteiger partial charge in [-0.2, -0.15) is 5.26 Å². The van der Waals surface area contributed by atoms with Gasteiger partial charge in [-0.25, -0.2) is 4.79 Å². The largest absolute Gasteiger partial charge is 0.478 e. The van der Waals surface area contributed by atoms with Crippen molar-refractivity contribution >= 4 is 5.97 Å². The Labute approximate surface area is 122 Å². The fourth-order valence-corrected chi connectivity index (χ4v) is 2.65. The van der Waals surface area contributed by atoms with E-state index in [2.05, 4.69) is 11.0 Å². The third-order valence-electron chi connectivity index (χ3n) is 3.73. The minimum Gasteiger partial charge on any atom is -0.478 e. The van der Waals surface area contributed by atoms with Gasteiger partial charge in [0.1, 0.15) is 0 Å². The number of nitrogens with zero attached hydrogens (tertiary/aromatic N) is 2. The second kappa shape index (κ2) is 5.39. The summed E-state index contributed by atoms with van der Waals surface area (Å²) in [5.41, 5.74) is 4.43. The van der Waals surface area contributed by atoms with Crippen LogP contribution in [0.25, 0.3) is 0 Å². The van der Waals surface area contributed by atoms with Gasteiger partial charge < -0.3 is 5.11 Å². The fraction of sp³-hybridized carbons (Fsp3) is 0.176. The van der Waals surface area contributed by atoms with Crippen molar-refractivity contribution in [3.8, 4) is 6.07 Å². The van der Waals surface area contributed by atoms with Crippen molar-refractivity contribution in [1.29, 1.82) is 5.26 Å². The molecule has 104 valence electrons. The first-order valence-corrected chi connectivity index (χ1v) is 6.72. The number of benzene rings is 2. The first-order valence-electron chi connectivity index (χ1n) is 6.72. The molecule has 2 aromatic rings. The predicted molar refractivity (Wildman–Crippen MR) is 77.5 cm³/mol. The highest BCUT2D eigenvalue weighted by Crippen LogP contribution is 2.25. The van der Waals surface area contributed by atoms with Gasteiger partial charge in [0.2, 0.25) is 0 Å². The molecule has 0 atom stereocenters. The van der Waals surface area contributed by atoms with Crippen LogP contribution >= 0.6 is 0 Å². The molecule has 0 saturated carbocycles. The number of carbonyl (C=O) groups is 1. The number of fused-ring (bicyclic) bond motifs is 1. The summed E-state index contributed by atoms with van der Waals surface area (Å²) in [5, 5.41) is 17.8. The molecule has 0 aromatic heterocycles. The number of aromatic carboxylic acids is 1. The normalized spacial score (nSPS) is 13.7. The summed E-state index contributed by atoms with van der Waals surface area (Å²) in [6.07, 6.45) is 0. The quantitative estimate of drug-likeness (QED) is 0.937. The maximum absolute atomic E-state index is 11.0. The lowest BCUT2D eigenvalue weighted by atomic mass is 10.1. The van der Waals surface area contributed by atoms with E-state index in [-0.39, 0.29) is 0 Å². The number of nitriles is 1. The average molecular weight is 278 g/mol. The van der Waals surface area contributed by atoms with Crippen molar-refractivity contribution in [2.75, 3.05) is 0 Å². The average Bonchev–Trinajstić information content (AvgIpc) is 2.89. The molecule has 0 bridgehead atoms. The van der Waals surface area contributed by atoms with Gasteiger partial charge in [-0.1, -0.05) is 18.2 Å². The van der Waals surface area contributed by atoms with Gasteiger partial charge in [0.25, 0.3) is 0 Å². The molecule has 0 saturated heterocycles. The summed E-state index contributed by atoms with van der Waals surface area (Å²) < 4.78 is 0. The van der Waals surface area contributed by atoms with E-state index < -0.39 is 5.97 Å². The van der Waals surface area contributed by atoms with Crippen molar-refractivity contribution in [3.63, 3.8) is 0 Å². The molecule has 0 aliphatic carbocycles. The first-order chi connectivity index (χ1) is 10.2. The van der Waals surface area contributed by atoms with E-state index in [0.29, 0.717) is 11.1 Å². The molecule has 1 heterocycles. The zero-order valence-corrected chi connectivity index (χ0v) is 11.4. The third kappa shape index (κ3) is 2.78. The lowest BCUT2D eigenvalue weighted by Crippen LogP contribution is -2.15. The van der Waals surface area contributed by atoms with E-state index in [1.807, 2.05) is 30.3 Å². The SMILES string of the molecule is N#Cc1ccc(CN2Cc3ccc(C(=O)O)cc3C2)cc1. The molecule has 4 heteroatoms. The standard InChI is InChI=1S/C17H14N2O2/c18-8-12-1-3-13(4-2-12)9-19-10-15-6-5-14(17(20)21)7-16(15)11-19/h1-7H,9-11H2,(H,20,21). The molecule has 21 heavy (non-hydrogen) atoms. The Morgan fingerprint density at radius 1 is 1.14 bits per heavy atom. The molecule has 1 aliphatic heterocycles. The number of hydrogen-bond acceptors (Lipinski definition) is 3. The van der Waals surface area contributed by atoms with Gasteiger partial charge in [0.15, 0.2) is 0 Å². The predicted octanol–water partition coefficient (Wildman–Crippen LogP) is 2.77. The van der Waals surface area contributed by atoms with Crippen molar-refractivity contribution in [3.05, 3.63) is 70.3 Å². The van der Waals surface area contributed by atoms with Gasteiger partial charge in [0, 0.05) is 19.6 Å². The van der Waals surface area contributed by atoms with Gasteiger partial charge >= 0.3 is 5.97 Å². The summed E-state index contributed by atoms with van der Waals surface area (Å²) >= 11 is 0. The van der Waals surface area contributed by atoms with E-state index in [4.69, 9.17) is 10.4 Å². The van der Waals surface area contributed by atoms with Crippen LogP contribution in [0.15, 0.2) is 42.5 Å². The Morgan fingerprint density at radius 3 is 2.52 bits per heavy atom. The van der Waals surface area contributed by atoms with Crippen molar-refractivity contribution in [2.45, 2.75) is 19.6 Å². The number of carboxylic acid groups (broad SMARTS) is 1. The molecule has 0 unspecified atom stereocenters. The number of carboxylic acids is 1. The molecule has 3 rings (SSSR count). The highest BCUT2D eigenvalue weighted by atomic mass is 16.4. The minimum absolute atomic E-state index is 0.342. The van der Waals surface area contributed by atoms with E-state index in [1.165, 1.54) is 5.56 Å². The third-order valence-corrected chi connectivity index (χ3v) is 3.73. The van der Waals surface area contributed by atoms with Crippen molar-refractivity contribution in [2.24, 2.45) is 0 Å². The lowest BCUT2D eigenvalue weighted by molar-refractivity contribution is 0.0696. The Balaban J connectivity index is 1.72. The molecule has 0 fully saturated rings. The molecular weight excluding hydrogens is 264 g/mol. The van der Waals surface area contributed by atoms with Gasteiger partial charge in [-0.05, 0) is 41.0 Å². The molecule has 0 amide bonds. The Kier molecular flexibility index (Phi) is 3.43. The summed E-state index contributed by atoms with van der Waals surface area (Å²) in [7, 11) is 0. The van der Waals surface area contributed by atoms with Crippen LogP contribution in [0.5, 0.6) is 0 Å². The smallest absolute Gasteiger partial charge is 0.335 e. The van der Waals surface area contributed by atoms with E-state index in [9.17, 15) is 4.79 Å². The second-order valence-corrected chi connectivity index (χ2v) is 5.24. The fourth-order valence-electron chi connectivity index (χ4n) is 2.65. The highest BCUT2D eigenvalue weighted by Gasteiger charge is 2.20. The van der Waals surface area contributed by atoms with Crippen LogP contribution in [-0.4, -0.2) is 16.0 Å². The second-order valence-electron chi connectivity index (χ2n) is 5.24. The Hall–Kier alpha value is -2.64. The molecule has 1 N–H and O–H groups in total.